The van der Waals surface area contributed by atoms with Crippen molar-refractivity contribution >= 4 is 0 Å². The van der Waals surface area contributed by atoms with Crippen molar-refractivity contribution in [3.8, 4) is 5.75 Å². The molecule has 0 spiro atoms. The van der Waals surface area contributed by atoms with E-state index in [4.69, 9.17) is 4.74 Å². The van der Waals surface area contributed by atoms with Gasteiger partial charge in [-0.3, -0.25) is 0 Å². The van der Waals surface area contributed by atoms with Crippen LogP contribution in [-0.4, -0.2) is 12.6 Å². The van der Waals surface area contributed by atoms with Crippen LogP contribution in [0, 0.1) is 0 Å². The van der Waals surface area contributed by atoms with Crippen LogP contribution < -0.4 is 10.1 Å². The van der Waals surface area contributed by atoms with Crippen molar-refractivity contribution < 1.29 is 4.74 Å². The highest BCUT2D eigenvalue weighted by Crippen LogP contribution is 2.19. The van der Waals surface area contributed by atoms with Gasteiger partial charge in [0.05, 0.1) is 6.10 Å². The summed E-state index contributed by atoms with van der Waals surface area (Å²) in [5.41, 5.74) is 1.25. The van der Waals surface area contributed by atoms with Crippen LogP contribution in [0.1, 0.15) is 39.2 Å². The Labute approximate surface area is 99.0 Å². The number of ether oxygens (including phenoxy) is 1. The highest BCUT2D eigenvalue weighted by atomic mass is 16.5. The molecule has 16 heavy (non-hydrogen) atoms. The second-order valence-electron chi connectivity index (χ2n) is 4.12. The Morgan fingerprint density at radius 3 is 2.69 bits per heavy atom. The average Bonchev–Trinajstić information content (AvgIpc) is 2.31. The summed E-state index contributed by atoms with van der Waals surface area (Å²) in [6.07, 6.45) is 2.48. The topological polar surface area (TPSA) is 21.3 Å². The molecule has 90 valence electrons. The number of benzene rings is 1. The molecule has 0 aliphatic carbocycles. The van der Waals surface area contributed by atoms with Gasteiger partial charge in [-0.1, -0.05) is 32.0 Å². The van der Waals surface area contributed by atoms with E-state index in [2.05, 4.69) is 44.3 Å². The normalized spacial score (nSPS) is 12.4. The molecule has 0 amide bonds. The van der Waals surface area contributed by atoms with Gasteiger partial charge in [-0.05, 0) is 32.4 Å². The minimum atomic E-state index is 0.285. The molecule has 0 radical (unpaired) electrons. The molecular formula is C14H23NO. The van der Waals surface area contributed by atoms with E-state index in [0.717, 1.165) is 31.7 Å². The first-order valence-corrected chi connectivity index (χ1v) is 6.23. The molecule has 0 aromatic heterocycles. The van der Waals surface area contributed by atoms with Gasteiger partial charge in [0.2, 0.25) is 0 Å². The molecule has 0 aliphatic rings. The largest absolute Gasteiger partial charge is 0.490 e. The number of rotatable bonds is 7. The predicted molar refractivity (Wildman–Crippen MR) is 68.8 cm³/mol. The van der Waals surface area contributed by atoms with E-state index in [-0.39, 0.29) is 6.10 Å². The molecule has 1 aromatic rings. The van der Waals surface area contributed by atoms with Gasteiger partial charge in [0.25, 0.3) is 0 Å². The molecule has 0 bridgehead atoms. The van der Waals surface area contributed by atoms with Gasteiger partial charge in [0.1, 0.15) is 5.75 Å². The lowest BCUT2D eigenvalue weighted by atomic mass is 10.2. The van der Waals surface area contributed by atoms with E-state index in [1.807, 2.05) is 6.07 Å². The molecule has 1 rings (SSSR count). The number of hydrogen-bond acceptors (Lipinski definition) is 2. The first-order chi connectivity index (χ1) is 7.77. The Balaban J connectivity index is 2.60. The van der Waals surface area contributed by atoms with Crippen LogP contribution in [0.4, 0.5) is 0 Å². The zero-order valence-electron chi connectivity index (χ0n) is 10.6. The highest BCUT2D eigenvalue weighted by molar-refractivity contribution is 5.33. The molecular weight excluding hydrogens is 198 g/mol. The maximum atomic E-state index is 5.89. The monoisotopic (exact) mass is 221 g/mol. The van der Waals surface area contributed by atoms with Crippen molar-refractivity contribution in [3.63, 3.8) is 0 Å². The first-order valence-electron chi connectivity index (χ1n) is 6.23. The van der Waals surface area contributed by atoms with Crippen molar-refractivity contribution in [1.29, 1.82) is 0 Å². The van der Waals surface area contributed by atoms with Crippen molar-refractivity contribution in [3.05, 3.63) is 29.8 Å². The van der Waals surface area contributed by atoms with Gasteiger partial charge >= 0.3 is 0 Å². The van der Waals surface area contributed by atoms with Crippen LogP contribution in [0.3, 0.4) is 0 Å². The van der Waals surface area contributed by atoms with E-state index < -0.39 is 0 Å². The molecule has 0 unspecified atom stereocenters. The maximum absolute atomic E-state index is 5.89. The van der Waals surface area contributed by atoms with Crippen molar-refractivity contribution in [2.45, 2.75) is 46.3 Å². The summed E-state index contributed by atoms with van der Waals surface area (Å²) in [4.78, 5) is 0. The molecule has 0 aliphatic heterocycles. The van der Waals surface area contributed by atoms with E-state index in [1.165, 1.54) is 5.56 Å². The van der Waals surface area contributed by atoms with E-state index >= 15 is 0 Å². The molecule has 2 heteroatoms. The van der Waals surface area contributed by atoms with Crippen LogP contribution >= 0.6 is 0 Å². The summed E-state index contributed by atoms with van der Waals surface area (Å²) in [6.45, 7) is 8.37. The average molecular weight is 221 g/mol. The second kappa shape index (κ2) is 7.29. The van der Waals surface area contributed by atoms with Crippen molar-refractivity contribution in [1.82, 2.24) is 5.32 Å². The Morgan fingerprint density at radius 1 is 1.25 bits per heavy atom. The summed E-state index contributed by atoms with van der Waals surface area (Å²) in [6, 6.07) is 8.27. The van der Waals surface area contributed by atoms with E-state index in [9.17, 15) is 0 Å². The van der Waals surface area contributed by atoms with Gasteiger partial charge in [-0.25, -0.2) is 0 Å². The van der Waals surface area contributed by atoms with E-state index in [1.54, 1.807) is 0 Å². The lowest BCUT2D eigenvalue weighted by molar-refractivity contribution is 0.215. The number of hydrogen-bond donors (Lipinski definition) is 1. The minimum absolute atomic E-state index is 0.285. The maximum Gasteiger partial charge on any atom is 0.124 e. The van der Waals surface area contributed by atoms with Crippen LogP contribution in [0.25, 0.3) is 0 Å². The fraction of sp³-hybridized carbons (Fsp3) is 0.571. The Kier molecular flexibility index (Phi) is 5.94. The minimum Gasteiger partial charge on any atom is -0.490 e. The van der Waals surface area contributed by atoms with Crippen LogP contribution in [0.2, 0.25) is 0 Å². The smallest absolute Gasteiger partial charge is 0.124 e. The lowest BCUT2D eigenvalue weighted by Crippen LogP contribution is -2.16. The molecule has 0 saturated heterocycles. The van der Waals surface area contributed by atoms with Gasteiger partial charge in [-0.15, -0.1) is 0 Å². The van der Waals surface area contributed by atoms with Gasteiger partial charge in [0.15, 0.2) is 0 Å². The Hall–Kier alpha value is -1.02. The Morgan fingerprint density at radius 2 is 2.00 bits per heavy atom. The summed E-state index contributed by atoms with van der Waals surface area (Å²) in [5.74, 6) is 1.01. The van der Waals surface area contributed by atoms with Crippen molar-refractivity contribution in [2.24, 2.45) is 0 Å². The third kappa shape index (κ3) is 4.23. The molecule has 0 fully saturated rings. The zero-order chi connectivity index (χ0) is 11.8. The summed E-state index contributed by atoms with van der Waals surface area (Å²) < 4.78 is 5.89. The van der Waals surface area contributed by atoms with Gasteiger partial charge in [-0.2, -0.15) is 0 Å². The summed E-state index contributed by atoms with van der Waals surface area (Å²) in [7, 11) is 0. The molecule has 1 aromatic carbocycles. The molecule has 1 atom stereocenters. The SMILES string of the molecule is CCCNCc1ccccc1O[C@@H](C)CC. The molecule has 1 N–H and O–H groups in total. The second-order valence-corrected chi connectivity index (χ2v) is 4.12. The Bertz CT molecular complexity index is 299. The van der Waals surface area contributed by atoms with Crippen molar-refractivity contribution in [2.75, 3.05) is 6.54 Å². The third-order valence-corrected chi connectivity index (χ3v) is 2.62. The van der Waals surface area contributed by atoms with E-state index in [0.29, 0.717) is 0 Å². The fourth-order valence-electron chi connectivity index (χ4n) is 1.46. The highest BCUT2D eigenvalue weighted by Gasteiger charge is 2.05. The number of para-hydroxylation sites is 1. The molecule has 2 nitrogen and oxygen atoms in total. The predicted octanol–water partition coefficient (Wildman–Crippen LogP) is 3.36. The standard InChI is InChI=1S/C14H23NO/c1-4-10-15-11-13-8-6-7-9-14(13)16-12(3)5-2/h6-9,12,15H,4-5,10-11H2,1-3H3/t12-/m0/s1. The lowest BCUT2D eigenvalue weighted by Gasteiger charge is -2.16. The third-order valence-electron chi connectivity index (χ3n) is 2.62. The number of nitrogens with one attached hydrogen (secondary N) is 1. The molecule has 0 heterocycles. The van der Waals surface area contributed by atoms with Crippen LogP contribution in [-0.2, 0) is 6.54 Å². The van der Waals surface area contributed by atoms with Crippen LogP contribution in [0.15, 0.2) is 24.3 Å². The van der Waals surface area contributed by atoms with Crippen LogP contribution in [0.5, 0.6) is 5.75 Å². The first kappa shape index (κ1) is 13.0. The zero-order valence-corrected chi connectivity index (χ0v) is 10.6. The fourth-order valence-corrected chi connectivity index (χ4v) is 1.46. The van der Waals surface area contributed by atoms with Gasteiger partial charge in [0, 0.05) is 12.1 Å². The van der Waals surface area contributed by atoms with Gasteiger partial charge < -0.3 is 10.1 Å². The quantitative estimate of drug-likeness (QED) is 0.713. The summed E-state index contributed by atoms with van der Waals surface area (Å²) in [5, 5.41) is 3.40. The summed E-state index contributed by atoms with van der Waals surface area (Å²) >= 11 is 0. The molecule has 0 saturated carbocycles.